The molecule has 6 aromatic rings. The van der Waals surface area contributed by atoms with Crippen LogP contribution in [-0.2, 0) is 29.1 Å². The molecule has 0 aliphatic rings. The minimum absolute atomic E-state index is 0.0308. The molecule has 0 amide bonds. The molecule has 0 atom stereocenters. The lowest BCUT2D eigenvalue weighted by atomic mass is 10.0. The SMILES string of the molecule is COc1ccc(Oc2ccc(C(=O)c3ccc(Oc4ccc(Oc5ccc(C(=O)c6ccc(C)cc6)cc5)cc4S(=O)(=O)Cl)cc3)cc2)cc1S(=O)(=O)[N-]S(C)(=O)=O. The molecule has 0 saturated heterocycles. The van der Waals surface area contributed by atoms with E-state index < -0.39 is 34.0 Å². The van der Waals surface area contributed by atoms with Gasteiger partial charge in [-0.15, -0.1) is 0 Å². The molecule has 0 heterocycles. The molecule has 0 unspecified atom stereocenters. The molecule has 0 saturated carbocycles. The Morgan fingerprint density at radius 3 is 1.26 bits per heavy atom. The maximum atomic E-state index is 13.3. The van der Waals surface area contributed by atoms with E-state index >= 15 is 0 Å². The van der Waals surface area contributed by atoms with Crippen molar-refractivity contribution in [2.75, 3.05) is 13.4 Å². The Labute approximate surface area is 339 Å². The fourth-order valence-corrected chi connectivity index (χ4v) is 8.81. The fourth-order valence-electron chi connectivity index (χ4n) is 5.43. The van der Waals surface area contributed by atoms with Crippen LogP contribution in [0.15, 0.2) is 143 Å². The van der Waals surface area contributed by atoms with Gasteiger partial charge in [-0.2, -0.15) is 0 Å². The average molecular weight is 861 g/mol. The van der Waals surface area contributed by atoms with Crippen molar-refractivity contribution in [1.82, 2.24) is 0 Å². The zero-order chi connectivity index (χ0) is 41.8. The first-order valence-electron chi connectivity index (χ1n) is 16.8. The van der Waals surface area contributed by atoms with Gasteiger partial charge in [0.15, 0.2) is 11.6 Å². The van der Waals surface area contributed by atoms with E-state index in [4.69, 9.17) is 29.6 Å². The summed E-state index contributed by atoms with van der Waals surface area (Å²) in [7, 11) is -6.22. The van der Waals surface area contributed by atoms with Gasteiger partial charge in [-0.1, -0.05) is 29.8 Å². The normalized spacial score (nSPS) is 11.7. The lowest BCUT2D eigenvalue weighted by molar-refractivity contribution is 0.103. The summed E-state index contributed by atoms with van der Waals surface area (Å²) in [5.74, 6) is 0.200. The number of carbonyl (C=O) groups is 2. The quantitative estimate of drug-likeness (QED) is 0.0706. The van der Waals surface area contributed by atoms with Crippen LogP contribution < -0.4 is 18.9 Å². The van der Waals surface area contributed by atoms with Gasteiger partial charge in [0.25, 0.3) is 9.05 Å². The first-order valence-corrected chi connectivity index (χ1v) is 22.4. The zero-order valence-corrected chi connectivity index (χ0v) is 33.9. The maximum absolute atomic E-state index is 13.3. The largest absolute Gasteiger partial charge is 0.495 e. The highest BCUT2D eigenvalue weighted by Crippen LogP contribution is 2.37. The highest BCUT2D eigenvalue weighted by atomic mass is 35.7. The number of hydrogen-bond acceptors (Lipinski definition) is 12. The van der Waals surface area contributed by atoms with E-state index in [2.05, 4.69) is 4.13 Å². The van der Waals surface area contributed by atoms with Gasteiger partial charge in [0.05, 0.1) is 22.0 Å². The van der Waals surface area contributed by atoms with E-state index in [1.165, 1.54) is 86.0 Å². The molecule has 0 fully saturated rings. The molecular formula is C41H31ClNO12S3-. The van der Waals surface area contributed by atoms with Crippen LogP contribution >= 0.6 is 10.7 Å². The van der Waals surface area contributed by atoms with Gasteiger partial charge < -0.3 is 23.1 Å². The maximum Gasteiger partial charge on any atom is 0.265 e. The van der Waals surface area contributed by atoms with E-state index in [-0.39, 0.29) is 62.1 Å². The molecular weight excluding hydrogens is 830 g/mol. The molecule has 58 heavy (non-hydrogen) atoms. The zero-order valence-electron chi connectivity index (χ0n) is 30.7. The van der Waals surface area contributed by atoms with Crippen molar-refractivity contribution in [2.45, 2.75) is 16.7 Å². The van der Waals surface area contributed by atoms with Crippen LogP contribution in [0.4, 0.5) is 0 Å². The standard InChI is InChI=1S/C41H31ClNO12S3/c1-26-4-6-27(7-5-26)40(44)28-8-14-31(15-9-28)53-34-21-23-37(38(24-34)57(42,48)49)55-33-18-12-30(13-19-33)41(45)29-10-16-32(17-11-29)54-35-20-22-36(52-2)39(25-35)58(50,51)43-56(3,46)47/h4-25H,1-3H3/q-1. The summed E-state index contributed by atoms with van der Waals surface area (Å²) in [6.07, 6.45) is 0.646. The molecule has 0 aromatic heterocycles. The Morgan fingerprint density at radius 2 is 0.862 bits per heavy atom. The minimum atomic E-state index is -4.64. The summed E-state index contributed by atoms with van der Waals surface area (Å²) in [6.45, 7) is 1.93. The van der Waals surface area contributed by atoms with Crippen LogP contribution in [0.25, 0.3) is 4.13 Å². The molecule has 6 aromatic carbocycles. The highest BCUT2D eigenvalue weighted by molar-refractivity contribution is 8.14. The number of ether oxygens (including phenoxy) is 4. The van der Waals surface area contributed by atoms with Crippen molar-refractivity contribution in [3.8, 4) is 40.2 Å². The number of sulfonamides is 2. The van der Waals surface area contributed by atoms with Crippen LogP contribution in [0.2, 0.25) is 0 Å². The molecule has 17 heteroatoms. The Balaban J connectivity index is 1.11. The predicted molar refractivity (Wildman–Crippen MR) is 215 cm³/mol. The van der Waals surface area contributed by atoms with Gasteiger partial charge in [0.1, 0.15) is 55.2 Å². The van der Waals surface area contributed by atoms with E-state index in [1.807, 2.05) is 19.1 Å². The Bertz CT molecular complexity index is 2850. The van der Waals surface area contributed by atoms with Gasteiger partial charge in [-0.3, -0.25) is 9.59 Å². The van der Waals surface area contributed by atoms with Crippen molar-refractivity contribution >= 4 is 51.3 Å². The molecule has 0 aliphatic carbocycles. The summed E-state index contributed by atoms with van der Waals surface area (Å²) >= 11 is 0. The van der Waals surface area contributed by atoms with E-state index in [1.54, 1.807) is 36.4 Å². The number of methoxy groups -OCH3 is 1. The second-order valence-electron chi connectivity index (χ2n) is 12.5. The summed E-state index contributed by atoms with van der Waals surface area (Å²) < 4.78 is 98.9. The number of aryl methyl sites for hydroxylation is 1. The van der Waals surface area contributed by atoms with Gasteiger partial charge in [-0.05, 0) is 104 Å². The molecule has 0 bridgehead atoms. The van der Waals surface area contributed by atoms with Crippen molar-refractivity contribution in [2.24, 2.45) is 0 Å². The van der Waals surface area contributed by atoms with Crippen molar-refractivity contribution in [3.63, 3.8) is 0 Å². The lowest BCUT2D eigenvalue weighted by Crippen LogP contribution is -2.07. The Hall–Kier alpha value is -6.04. The van der Waals surface area contributed by atoms with Crippen LogP contribution in [0.5, 0.6) is 40.2 Å². The summed E-state index contributed by atoms with van der Waals surface area (Å²) in [6, 6.07) is 33.3. The lowest BCUT2D eigenvalue weighted by Gasteiger charge is -2.20. The average Bonchev–Trinajstić information content (AvgIpc) is 3.18. The summed E-state index contributed by atoms with van der Waals surface area (Å²) in [5, 5.41) is 0. The number of carbonyl (C=O) groups excluding carboxylic acids is 2. The van der Waals surface area contributed by atoms with Gasteiger partial charge in [0, 0.05) is 51.3 Å². The first-order chi connectivity index (χ1) is 27.4. The number of benzene rings is 6. The Kier molecular flexibility index (Phi) is 12.1. The van der Waals surface area contributed by atoms with Gasteiger partial charge >= 0.3 is 0 Å². The number of nitrogens with zero attached hydrogens (tertiary/aromatic N) is 1. The molecule has 0 aliphatic heterocycles. The van der Waals surface area contributed by atoms with Crippen LogP contribution in [-0.4, -0.2) is 50.2 Å². The molecule has 6 rings (SSSR count). The number of halogens is 1. The number of rotatable bonds is 15. The van der Waals surface area contributed by atoms with Gasteiger partial charge in [0.2, 0.25) is 0 Å². The second-order valence-corrected chi connectivity index (χ2v) is 18.5. The second kappa shape index (κ2) is 16.8. The Morgan fingerprint density at radius 1 is 0.500 bits per heavy atom. The van der Waals surface area contributed by atoms with Crippen LogP contribution in [0.1, 0.15) is 37.4 Å². The van der Waals surface area contributed by atoms with E-state index in [9.17, 15) is 34.8 Å². The third-order valence-corrected chi connectivity index (χ3v) is 12.3. The topological polar surface area (TPSA) is 188 Å². The molecule has 298 valence electrons. The van der Waals surface area contributed by atoms with Crippen molar-refractivity contribution in [3.05, 3.63) is 165 Å². The minimum Gasteiger partial charge on any atom is -0.495 e. The molecule has 13 nitrogen and oxygen atoms in total. The van der Waals surface area contributed by atoms with E-state index in [0.29, 0.717) is 23.1 Å². The van der Waals surface area contributed by atoms with E-state index in [0.717, 1.165) is 11.6 Å². The molecule has 0 spiro atoms. The van der Waals surface area contributed by atoms with Crippen LogP contribution in [0, 0.1) is 6.92 Å². The fraction of sp³-hybridized carbons (Fsp3) is 0.0732. The first kappa shape index (κ1) is 41.6. The third-order valence-electron chi connectivity index (χ3n) is 8.19. The summed E-state index contributed by atoms with van der Waals surface area (Å²) in [5.41, 5.74) is 2.59. The van der Waals surface area contributed by atoms with Gasteiger partial charge in [-0.25, -0.2) is 25.3 Å². The predicted octanol–water partition coefficient (Wildman–Crippen LogP) is 8.79. The molecule has 0 N–H and O–H groups in total. The van der Waals surface area contributed by atoms with Crippen LogP contribution in [0.3, 0.4) is 0 Å². The van der Waals surface area contributed by atoms with Crippen molar-refractivity contribution in [1.29, 1.82) is 0 Å². The molecule has 0 radical (unpaired) electrons. The monoisotopic (exact) mass is 860 g/mol. The van der Waals surface area contributed by atoms with Crippen molar-refractivity contribution < 1.29 is 53.8 Å². The third kappa shape index (κ3) is 10.3. The summed E-state index contributed by atoms with van der Waals surface area (Å²) in [4.78, 5) is 25.2. The highest BCUT2D eigenvalue weighted by Gasteiger charge is 2.21. The number of hydrogen-bond donors (Lipinski definition) is 0. The smallest absolute Gasteiger partial charge is 0.265 e. The number of ketones is 2.